The van der Waals surface area contributed by atoms with Crippen molar-refractivity contribution in [3.63, 3.8) is 0 Å². The van der Waals surface area contributed by atoms with Gasteiger partial charge in [-0.1, -0.05) is 15.9 Å². The Bertz CT molecular complexity index is 634. The first-order valence-electron chi connectivity index (χ1n) is 6.09. The van der Waals surface area contributed by atoms with Crippen LogP contribution in [0.1, 0.15) is 21.6 Å². The monoisotopic (exact) mass is 334 g/mol. The molecule has 0 saturated heterocycles. The first kappa shape index (κ1) is 14.5. The summed E-state index contributed by atoms with van der Waals surface area (Å²) in [6.07, 6.45) is 3.00. The first-order valence-corrected chi connectivity index (χ1v) is 6.88. The van der Waals surface area contributed by atoms with E-state index >= 15 is 0 Å². The maximum absolute atomic E-state index is 12.1. The largest absolute Gasteiger partial charge is 0.372 e. The summed E-state index contributed by atoms with van der Waals surface area (Å²) in [6, 6.07) is 3.81. The lowest BCUT2D eigenvalue weighted by atomic mass is 10.1. The SMILES string of the molecule is CNc1cncc(C(=O)Nc2cc(C)c(Br)c(C)c2)n1. The van der Waals surface area contributed by atoms with Crippen LogP contribution in [0.2, 0.25) is 0 Å². The first-order chi connectivity index (χ1) is 9.51. The average molecular weight is 335 g/mol. The third kappa shape index (κ3) is 3.14. The molecule has 104 valence electrons. The van der Waals surface area contributed by atoms with Crippen LogP contribution in [0.5, 0.6) is 0 Å². The summed E-state index contributed by atoms with van der Waals surface area (Å²) in [5, 5.41) is 5.68. The molecule has 0 atom stereocenters. The topological polar surface area (TPSA) is 66.9 Å². The summed E-state index contributed by atoms with van der Waals surface area (Å²) in [7, 11) is 1.73. The van der Waals surface area contributed by atoms with E-state index in [0.717, 1.165) is 21.3 Å². The Hall–Kier alpha value is -1.95. The molecule has 2 rings (SSSR count). The number of carbonyl (C=O) groups excluding carboxylic acids is 1. The summed E-state index contributed by atoms with van der Waals surface area (Å²) >= 11 is 3.50. The molecule has 5 nitrogen and oxygen atoms in total. The normalized spacial score (nSPS) is 10.2. The van der Waals surface area contributed by atoms with E-state index < -0.39 is 0 Å². The molecule has 0 unspecified atom stereocenters. The molecule has 1 aromatic carbocycles. The summed E-state index contributed by atoms with van der Waals surface area (Å²) in [6.45, 7) is 3.96. The molecule has 1 amide bonds. The van der Waals surface area contributed by atoms with E-state index in [2.05, 4.69) is 36.5 Å². The van der Waals surface area contributed by atoms with Crippen molar-refractivity contribution in [3.8, 4) is 0 Å². The number of aryl methyl sites for hydroxylation is 2. The number of benzene rings is 1. The van der Waals surface area contributed by atoms with Crippen molar-refractivity contribution in [2.75, 3.05) is 17.7 Å². The highest BCUT2D eigenvalue weighted by molar-refractivity contribution is 9.10. The van der Waals surface area contributed by atoms with E-state index in [0.29, 0.717) is 5.82 Å². The van der Waals surface area contributed by atoms with Gasteiger partial charge in [-0.25, -0.2) is 4.98 Å². The van der Waals surface area contributed by atoms with Gasteiger partial charge in [-0.05, 0) is 37.1 Å². The fourth-order valence-electron chi connectivity index (χ4n) is 1.81. The number of halogens is 1. The van der Waals surface area contributed by atoms with Gasteiger partial charge in [0.25, 0.3) is 5.91 Å². The molecule has 2 aromatic rings. The van der Waals surface area contributed by atoms with Crippen molar-refractivity contribution in [2.24, 2.45) is 0 Å². The highest BCUT2D eigenvalue weighted by Gasteiger charge is 2.10. The van der Waals surface area contributed by atoms with Crippen LogP contribution < -0.4 is 10.6 Å². The maximum Gasteiger partial charge on any atom is 0.275 e. The van der Waals surface area contributed by atoms with E-state index in [1.54, 1.807) is 13.2 Å². The van der Waals surface area contributed by atoms with E-state index in [9.17, 15) is 4.79 Å². The predicted molar refractivity (Wildman–Crippen MR) is 83.1 cm³/mol. The smallest absolute Gasteiger partial charge is 0.275 e. The second-order valence-electron chi connectivity index (χ2n) is 4.42. The van der Waals surface area contributed by atoms with Crippen LogP contribution >= 0.6 is 15.9 Å². The molecular weight excluding hydrogens is 320 g/mol. The molecule has 6 heteroatoms. The number of anilines is 2. The minimum absolute atomic E-state index is 0.273. The highest BCUT2D eigenvalue weighted by atomic mass is 79.9. The maximum atomic E-state index is 12.1. The van der Waals surface area contributed by atoms with Gasteiger partial charge >= 0.3 is 0 Å². The van der Waals surface area contributed by atoms with E-state index in [4.69, 9.17) is 0 Å². The van der Waals surface area contributed by atoms with Crippen LogP contribution in [0, 0.1) is 13.8 Å². The molecule has 0 aliphatic heterocycles. The number of hydrogen-bond donors (Lipinski definition) is 2. The van der Waals surface area contributed by atoms with Gasteiger partial charge in [-0.3, -0.25) is 9.78 Å². The van der Waals surface area contributed by atoms with Crippen molar-refractivity contribution in [3.05, 3.63) is 45.8 Å². The zero-order chi connectivity index (χ0) is 14.7. The minimum atomic E-state index is -0.282. The Balaban J connectivity index is 2.23. The van der Waals surface area contributed by atoms with Gasteiger partial charge in [-0.15, -0.1) is 0 Å². The standard InChI is InChI=1S/C14H15BrN4O/c1-8-4-10(5-9(2)13(8)15)18-14(20)11-6-17-7-12(16-3)19-11/h4-7H,1-3H3,(H,16,19)(H,18,20). The van der Waals surface area contributed by atoms with Crippen LogP contribution in [0.25, 0.3) is 0 Å². The molecule has 1 aromatic heterocycles. The number of nitrogens with zero attached hydrogens (tertiary/aromatic N) is 2. The molecule has 20 heavy (non-hydrogen) atoms. The lowest BCUT2D eigenvalue weighted by Gasteiger charge is -2.09. The van der Waals surface area contributed by atoms with Gasteiger partial charge in [0.15, 0.2) is 0 Å². The molecule has 0 radical (unpaired) electrons. The van der Waals surface area contributed by atoms with Crippen LogP contribution in [0.3, 0.4) is 0 Å². The van der Waals surface area contributed by atoms with Crippen LogP contribution in [-0.2, 0) is 0 Å². The molecule has 0 fully saturated rings. The van der Waals surface area contributed by atoms with Crippen molar-refractivity contribution < 1.29 is 4.79 Å². The van der Waals surface area contributed by atoms with Gasteiger partial charge in [-0.2, -0.15) is 0 Å². The van der Waals surface area contributed by atoms with Gasteiger partial charge in [0.2, 0.25) is 0 Å². The molecule has 0 spiro atoms. The molecule has 0 saturated carbocycles. The Morgan fingerprint density at radius 3 is 2.45 bits per heavy atom. The van der Waals surface area contributed by atoms with Crippen LogP contribution in [0.4, 0.5) is 11.5 Å². The summed E-state index contributed by atoms with van der Waals surface area (Å²) in [4.78, 5) is 20.3. The molecule has 1 heterocycles. The number of nitrogens with one attached hydrogen (secondary N) is 2. The Morgan fingerprint density at radius 2 is 1.85 bits per heavy atom. The van der Waals surface area contributed by atoms with Gasteiger partial charge in [0.05, 0.1) is 12.4 Å². The lowest BCUT2D eigenvalue weighted by molar-refractivity contribution is 0.102. The Kier molecular flexibility index (Phi) is 4.34. The quantitative estimate of drug-likeness (QED) is 0.904. The number of carbonyl (C=O) groups is 1. The molecule has 0 aliphatic rings. The molecular formula is C14H15BrN4O. The third-order valence-electron chi connectivity index (χ3n) is 2.82. The summed E-state index contributed by atoms with van der Waals surface area (Å²) in [5.41, 5.74) is 3.14. The summed E-state index contributed by atoms with van der Waals surface area (Å²) in [5.74, 6) is 0.275. The highest BCUT2D eigenvalue weighted by Crippen LogP contribution is 2.25. The summed E-state index contributed by atoms with van der Waals surface area (Å²) < 4.78 is 1.05. The van der Waals surface area contributed by atoms with Crippen molar-refractivity contribution >= 4 is 33.3 Å². The zero-order valence-corrected chi connectivity index (χ0v) is 13.1. The van der Waals surface area contributed by atoms with Crippen LogP contribution in [0.15, 0.2) is 29.0 Å². The third-order valence-corrected chi connectivity index (χ3v) is 4.07. The second kappa shape index (κ2) is 6.00. The molecule has 0 aliphatic carbocycles. The van der Waals surface area contributed by atoms with Crippen LogP contribution in [-0.4, -0.2) is 22.9 Å². The Morgan fingerprint density at radius 1 is 1.20 bits per heavy atom. The molecule has 0 bridgehead atoms. The number of amides is 1. The van der Waals surface area contributed by atoms with E-state index in [-0.39, 0.29) is 11.6 Å². The zero-order valence-electron chi connectivity index (χ0n) is 11.5. The number of rotatable bonds is 3. The predicted octanol–water partition coefficient (Wildman–Crippen LogP) is 3.15. The van der Waals surface area contributed by atoms with Gasteiger partial charge in [0, 0.05) is 17.2 Å². The lowest BCUT2D eigenvalue weighted by Crippen LogP contribution is -2.15. The number of aromatic nitrogens is 2. The van der Waals surface area contributed by atoms with E-state index in [1.165, 1.54) is 6.20 Å². The second-order valence-corrected chi connectivity index (χ2v) is 5.21. The Labute approximate surface area is 126 Å². The van der Waals surface area contributed by atoms with Crippen molar-refractivity contribution in [1.29, 1.82) is 0 Å². The number of hydrogen-bond acceptors (Lipinski definition) is 4. The fourth-order valence-corrected chi connectivity index (χ4v) is 2.04. The molecule has 2 N–H and O–H groups in total. The van der Waals surface area contributed by atoms with E-state index in [1.807, 2.05) is 26.0 Å². The fraction of sp³-hybridized carbons (Fsp3) is 0.214. The van der Waals surface area contributed by atoms with Crippen molar-refractivity contribution in [2.45, 2.75) is 13.8 Å². The minimum Gasteiger partial charge on any atom is -0.372 e. The van der Waals surface area contributed by atoms with Crippen molar-refractivity contribution in [1.82, 2.24) is 9.97 Å². The van der Waals surface area contributed by atoms with Gasteiger partial charge < -0.3 is 10.6 Å². The average Bonchev–Trinajstić information content (AvgIpc) is 2.44. The van der Waals surface area contributed by atoms with Gasteiger partial charge in [0.1, 0.15) is 11.5 Å².